The number of rotatable bonds is 1. The van der Waals surface area contributed by atoms with Gasteiger partial charge in [0.15, 0.2) is 0 Å². The zero-order valence-electron chi connectivity index (χ0n) is 4.28. The van der Waals surface area contributed by atoms with Crippen LogP contribution in [0.3, 0.4) is 0 Å². The average Bonchev–Trinajstić information content (AvgIpc) is 1.65. The molecule has 6 heteroatoms. The van der Waals surface area contributed by atoms with Crippen LogP contribution in [0.2, 0.25) is 0 Å². The van der Waals surface area contributed by atoms with Gasteiger partial charge in [0.2, 0.25) is 0 Å². The van der Waals surface area contributed by atoms with Gasteiger partial charge < -0.3 is 11.5 Å². The normalized spacial score (nSPS) is 7.12. The fourth-order valence-electron chi connectivity index (χ4n) is 0. The Balaban J connectivity index is 0. The molecule has 0 aliphatic carbocycles. The largest absolute Gasteiger partial charge is 0.762 e. The Hall–Kier alpha value is -0.225. The summed E-state index contributed by atoms with van der Waals surface area (Å²) >= 11 is 0. The fraction of sp³-hybridized carbons (Fsp3) is 1.00. The predicted molar refractivity (Wildman–Crippen MR) is 27.2 cm³/mol. The van der Waals surface area contributed by atoms with Gasteiger partial charge in [0.1, 0.15) is 0 Å². The second-order valence-corrected chi connectivity index (χ2v) is 0.825. The Morgan fingerprint density at radius 1 is 1.00 bits per heavy atom. The van der Waals surface area contributed by atoms with E-state index in [4.69, 9.17) is 11.5 Å². The first-order valence-electron chi connectivity index (χ1n) is 1.97. The minimum absolute atomic E-state index is 0.597. The first kappa shape index (κ1) is 10.7. The zero-order chi connectivity index (χ0) is 6.99. The Bertz CT molecular complexity index is 31.7. The van der Waals surface area contributed by atoms with E-state index in [1.165, 1.54) is 0 Å². The maximum absolute atomic E-state index is 9.67. The van der Waals surface area contributed by atoms with Gasteiger partial charge in [-0.15, -0.1) is 0 Å². The molecule has 0 atom stereocenters. The van der Waals surface area contributed by atoms with Crippen molar-refractivity contribution in [3.05, 3.63) is 0 Å². The van der Waals surface area contributed by atoms with Crippen molar-refractivity contribution in [3.63, 3.8) is 0 Å². The van der Waals surface area contributed by atoms with Gasteiger partial charge in [-0.25, -0.2) is 0 Å². The van der Waals surface area contributed by atoms with Gasteiger partial charge in [0, 0.05) is 13.1 Å². The van der Waals surface area contributed by atoms with Crippen molar-refractivity contribution < 1.29 is 12.9 Å². The fourth-order valence-corrected chi connectivity index (χ4v) is 0. The molecule has 0 saturated carbocycles. The molecule has 2 nitrogen and oxygen atoms in total. The van der Waals surface area contributed by atoms with E-state index in [1.54, 1.807) is 0 Å². The van der Waals surface area contributed by atoms with Crippen LogP contribution in [0.4, 0.5) is 12.9 Å². The van der Waals surface area contributed by atoms with E-state index >= 15 is 0 Å². The van der Waals surface area contributed by atoms with Crippen LogP contribution in [0.5, 0.6) is 0 Å². The van der Waals surface area contributed by atoms with Gasteiger partial charge in [-0.2, -0.15) is 0 Å². The lowest BCUT2D eigenvalue weighted by Crippen LogP contribution is -2.11. The predicted octanol–water partition coefficient (Wildman–Crippen LogP) is -0.216. The molecule has 0 heterocycles. The maximum atomic E-state index is 9.67. The summed E-state index contributed by atoms with van der Waals surface area (Å²) in [6.45, 7) is 1.19. The minimum Gasteiger partial charge on any atom is -0.329 e. The molecule has 0 aliphatic rings. The Morgan fingerprint density at radius 2 is 1.12 bits per heavy atom. The van der Waals surface area contributed by atoms with Crippen LogP contribution < -0.4 is 11.5 Å². The molecule has 50 valence electrons. The summed E-state index contributed by atoms with van der Waals surface area (Å²) in [6.07, 6.45) is 0. The number of hydrogen-bond donors (Lipinski definition) is 2. The molecule has 0 saturated heterocycles. The van der Waals surface area contributed by atoms with Gasteiger partial charge in [0.05, 0.1) is 0 Å². The van der Waals surface area contributed by atoms with Crippen LogP contribution >= 0.6 is 0 Å². The van der Waals surface area contributed by atoms with E-state index in [0.717, 1.165) is 0 Å². The van der Waals surface area contributed by atoms with Gasteiger partial charge in [-0.3, -0.25) is 12.9 Å². The van der Waals surface area contributed by atoms with E-state index in [-0.39, 0.29) is 0 Å². The summed E-state index contributed by atoms with van der Waals surface area (Å²) < 4.78 is 29.0. The molecule has 0 aromatic carbocycles. The Labute approximate surface area is 46.3 Å². The van der Waals surface area contributed by atoms with Gasteiger partial charge in [0.25, 0.3) is 0 Å². The topological polar surface area (TPSA) is 52.0 Å². The molecule has 0 spiro atoms. The van der Waals surface area contributed by atoms with Gasteiger partial charge in [-0.05, 0) is 0 Å². The van der Waals surface area contributed by atoms with Crippen LogP contribution in [-0.4, -0.2) is 20.6 Å². The van der Waals surface area contributed by atoms with Crippen molar-refractivity contribution in [1.82, 2.24) is 0 Å². The third-order valence-corrected chi connectivity index (χ3v) is 0.167. The smallest absolute Gasteiger partial charge is 0.329 e. The van der Waals surface area contributed by atoms with Crippen molar-refractivity contribution in [2.45, 2.75) is 0 Å². The van der Waals surface area contributed by atoms with Gasteiger partial charge >= 0.3 is 7.54 Å². The molecule has 0 aliphatic heterocycles. The average molecular weight is 128 g/mol. The molecule has 0 bridgehead atoms. The van der Waals surface area contributed by atoms with E-state index in [0.29, 0.717) is 13.1 Å². The Kier molecular flexibility index (Phi) is 13.3. The number of nitrogens with two attached hydrogens (primary N) is 2. The molecule has 8 heavy (non-hydrogen) atoms. The first-order chi connectivity index (χ1) is 3.65. The first-order valence-corrected chi connectivity index (χ1v) is 1.97. The second kappa shape index (κ2) is 9.91. The Morgan fingerprint density at radius 3 is 1.12 bits per heavy atom. The van der Waals surface area contributed by atoms with Crippen molar-refractivity contribution in [1.29, 1.82) is 0 Å². The third kappa shape index (κ3) is 219. The summed E-state index contributed by atoms with van der Waals surface area (Å²) in [6, 6.07) is 0. The molecule has 0 radical (unpaired) electrons. The van der Waals surface area contributed by atoms with Crippen molar-refractivity contribution in [2.75, 3.05) is 13.1 Å². The third-order valence-electron chi connectivity index (χ3n) is 0.167. The number of hydrogen-bond acceptors (Lipinski definition) is 2. The second-order valence-electron chi connectivity index (χ2n) is 0.825. The summed E-state index contributed by atoms with van der Waals surface area (Å²) in [4.78, 5) is 0. The van der Waals surface area contributed by atoms with E-state index in [1.807, 2.05) is 0 Å². The molecule has 0 rings (SSSR count). The molecule has 0 unspecified atom stereocenters. The van der Waals surface area contributed by atoms with Crippen molar-refractivity contribution in [2.24, 2.45) is 11.5 Å². The van der Waals surface area contributed by atoms with E-state index in [2.05, 4.69) is 0 Å². The lowest BCUT2D eigenvalue weighted by molar-refractivity contribution is 0.535. The molecular formula is C2H8BF3N2. The summed E-state index contributed by atoms with van der Waals surface area (Å²) in [5.74, 6) is 0. The van der Waals surface area contributed by atoms with Crippen LogP contribution in [0.1, 0.15) is 0 Å². The molecule has 0 amide bonds. The van der Waals surface area contributed by atoms with Crippen LogP contribution in [-0.2, 0) is 0 Å². The molecular weight excluding hydrogens is 120 g/mol. The van der Waals surface area contributed by atoms with Crippen molar-refractivity contribution >= 4 is 7.54 Å². The van der Waals surface area contributed by atoms with Crippen LogP contribution in [0.25, 0.3) is 0 Å². The lowest BCUT2D eigenvalue weighted by Gasteiger charge is -1.72. The van der Waals surface area contributed by atoms with Gasteiger partial charge in [-0.1, -0.05) is 0 Å². The van der Waals surface area contributed by atoms with E-state index in [9.17, 15) is 12.9 Å². The highest BCUT2D eigenvalue weighted by molar-refractivity contribution is 6.33. The quantitative estimate of drug-likeness (QED) is 0.479. The molecule has 0 aromatic heterocycles. The zero-order valence-corrected chi connectivity index (χ0v) is 4.28. The molecule has 0 fully saturated rings. The van der Waals surface area contributed by atoms with Crippen molar-refractivity contribution in [3.8, 4) is 0 Å². The van der Waals surface area contributed by atoms with Crippen LogP contribution in [0, 0.1) is 0 Å². The monoisotopic (exact) mass is 128 g/mol. The lowest BCUT2D eigenvalue weighted by atomic mass is 10.5. The highest BCUT2D eigenvalue weighted by atomic mass is 19.4. The SMILES string of the molecule is FB(F)F.NCCN. The highest BCUT2D eigenvalue weighted by Gasteiger charge is 2.06. The minimum atomic E-state index is -3.67. The summed E-state index contributed by atoms with van der Waals surface area (Å²) in [5, 5.41) is 0. The summed E-state index contributed by atoms with van der Waals surface area (Å²) in [7, 11) is -3.67. The molecule has 0 aromatic rings. The molecule has 4 N–H and O–H groups in total. The maximum Gasteiger partial charge on any atom is 0.762 e. The standard InChI is InChI=1S/C2H8N2.BF3/c3-1-2-4;2-1(3)4/h1-4H2;. The summed E-state index contributed by atoms with van der Waals surface area (Å²) in [5.41, 5.74) is 9.81. The number of halogens is 3. The highest BCUT2D eigenvalue weighted by Crippen LogP contribution is 1.80. The van der Waals surface area contributed by atoms with Crippen LogP contribution in [0.15, 0.2) is 0 Å². The van der Waals surface area contributed by atoms with E-state index < -0.39 is 7.54 Å².